The van der Waals surface area contributed by atoms with E-state index in [0.29, 0.717) is 22.9 Å². The minimum atomic E-state index is -4.75. The standard InChI is InChI=1S/C19H14F4N2O2/c1-11-14-4-2-3-5-15(14)18(27)25(11)10-17(26)24-9-12-6-7-13(20)8-16(12)19(21,22)23/h2-8H,1,9-10H2,(H,24,26). The van der Waals surface area contributed by atoms with Gasteiger partial charge >= 0.3 is 6.18 Å². The number of amides is 2. The third-order valence-corrected chi connectivity index (χ3v) is 4.19. The van der Waals surface area contributed by atoms with E-state index in [1.54, 1.807) is 24.3 Å². The Balaban J connectivity index is 1.68. The van der Waals surface area contributed by atoms with Crippen molar-refractivity contribution >= 4 is 17.5 Å². The molecule has 0 spiro atoms. The Labute approximate surface area is 152 Å². The molecule has 8 heteroatoms. The predicted octanol–water partition coefficient (Wildman–Crippen LogP) is 3.59. The van der Waals surface area contributed by atoms with Crippen LogP contribution in [0, 0.1) is 5.82 Å². The lowest BCUT2D eigenvalue weighted by molar-refractivity contribution is -0.138. The summed E-state index contributed by atoms with van der Waals surface area (Å²) in [7, 11) is 0. The number of nitrogens with zero attached hydrogens (tertiary/aromatic N) is 1. The van der Waals surface area contributed by atoms with Crippen LogP contribution in [0.4, 0.5) is 17.6 Å². The van der Waals surface area contributed by atoms with Crippen molar-refractivity contribution in [1.82, 2.24) is 10.2 Å². The molecule has 1 N–H and O–H groups in total. The van der Waals surface area contributed by atoms with Crippen molar-refractivity contribution in [3.05, 3.63) is 77.1 Å². The first-order valence-electron chi connectivity index (χ1n) is 7.91. The summed E-state index contributed by atoms with van der Waals surface area (Å²) in [5.41, 5.74) is -0.0612. The van der Waals surface area contributed by atoms with E-state index in [2.05, 4.69) is 11.9 Å². The maximum Gasteiger partial charge on any atom is 0.416 e. The van der Waals surface area contributed by atoms with Crippen molar-refractivity contribution in [3.8, 4) is 0 Å². The molecule has 0 bridgehead atoms. The van der Waals surface area contributed by atoms with Gasteiger partial charge in [0.1, 0.15) is 12.4 Å². The second-order valence-electron chi connectivity index (χ2n) is 5.96. The van der Waals surface area contributed by atoms with E-state index in [4.69, 9.17) is 0 Å². The summed E-state index contributed by atoms with van der Waals surface area (Å²) in [5.74, 6) is -2.08. The van der Waals surface area contributed by atoms with Crippen LogP contribution in [0.2, 0.25) is 0 Å². The molecule has 1 aliphatic rings. The smallest absolute Gasteiger partial charge is 0.350 e. The number of benzene rings is 2. The highest BCUT2D eigenvalue weighted by molar-refractivity contribution is 6.10. The van der Waals surface area contributed by atoms with Crippen LogP contribution >= 0.6 is 0 Å². The summed E-state index contributed by atoms with van der Waals surface area (Å²) in [5, 5.41) is 2.33. The van der Waals surface area contributed by atoms with Crippen LogP contribution in [0.25, 0.3) is 5.70 Å². The second kappa shape index (κ2) is 6.86. The number of hydrogen-bond acceptors (Lipinski definition) is 2. The largest absolute Gasteiger partial charge is 0.416 e. The maximum atomic E-state index is 13.1. The SMILES string of the molecule is C=C1c2ccccc2C(=O)N1CC(=O)NCc1ccc(F)cc1C(F)(F)F. The third-order valence-electron chi connectivity index (χ3n) is 4.19. The molecule has 1 heterocycles. The van der Waals surface area contributed by atoms with Crippen LogP contribution in [-0.4, -0.2) is 23.3 Å². The van der Waals surface area contributed by atoms with E-state index < -0.39 is 35.9 Å². The lowest BCUT2D eigenvalue weighted by Gasteiger charge is -2.18. The quantitative estimate of drug-likeness (QED) is 0.827. The van der Waals surface area contributed by atoms with Crippen LogP contribution in [0.15, 0.2) is 49.0 Å². The molecule has 1 aliphatic heterocycles. The first-order valence-corrected chi connectivity index (χ1v) is 7.91. The van der Waals surface area contributed by atoms with Crippen molar-refractivity contribution in [1.29, 1.82) is 0 Å². The second-order valence-corrected chi connectivity index (χ2v) is 5.96. The Morgan fingerprint density at radius 2 is 1.78 bits per heavy atom. The fraction of sp³-hybridized carbons (Fsp3) is 0.158. The highest BCUT2D eigenvalue weighted by Gasteiger charge is 2.34. The summed E-state index contributed by atoms with van der Waals surface area (Å²) >= 11 is 0. The van der Waals surface area contributed by atoms with Gasteiger partial charge in [0.25, 0.3) is 5.91 Å². The summed E-state index contributed by atoms with van der Waals surface area (Å²) in [4.78, 5) is 25.6. The molecule has 0 fully saturated rings. The molecular formula is C19H14F4N2O2. The molecule has 0 aliphatic carbocycles. The fourth-order valence-corrected chi connectivity index (χ4v) is 2.86. The molecule has 2 aromatic carbocycles. The molecule has 0 radical (unpaired) electrons. The molecule has 27 heavy (non-hydrogen) atoms. The van der Waals surface area contributed by atoms with Crippen LogP contribution < -0.4 is 5.32 Å². The van der Waals surface area contributed by atoms with Gasteiger partial charge in [0.15, 0.2) is 0 Å². The number of rotatable bonds is 4. The normalized spacial score (nSPS) is 13.7. The van der Waals surface area contributed by atoms with Gasteiger partial charge in [-0.3, -0.25) is 14.5 Å². The average molecular weight is 378 g/mol. The van der Waals surface area contributed by atoms with Gasteiger partial charge in [-0.05, 0) is 23.8 Å². The molecule has 0 saturated heterocycles. The number of hydrogen-bond donors (Lipinski definition) is 1. The van der Waals surface area contributed by atoms with Crippen molar-refractivity contribution in [2.75, 3.05) is 6.54 Å². The van der Waals surface area contributed by atoms with E-state index in [-0.39, 0.29) is 12.1 Å². The molecule has 2 amide bonds. The lowest BCUT2D eigenvalue weighted by Crippen LogP contribution is -2.36. The van der Waals surface area contributed by atoms with Gasteiger partial charge in [-0.25, -0.2) is 4.39 Å². The van der Waals surface area contributed by atoms with Gasteiger partial charge in [-0.15, -0.1) is 0 Å². The Hall–Kier alpha value is -3.16. The Bertz CT molecular complexity index is 903. The van der Waals surface area contributed by atoms with Gasteiger partial charge < -0.3 is 5.32 Å². The zero-order valence-corrected chi connectivity index (χ0v) is 13.9. The van der Waals surface area contributed by atoms with Gasteiger partial charge in [0, 0.05) is 23.4 Å². The number of halogens is 4. The lowest BCUT2D eigenvalue weighted by atomic mass is 10.1. The fourth-order valence-electron chi connectivity index (χ4n) is 2.86. The Morgan fingerprint density at radius 1 is 1.11 bits per heavy atom. The first kappa shape index (κ1) is 18.6. The van der Waals surface area contributed by atoms with E-state index >= 15 is 0 Å². The van der Waals surface area contributed by atoms with Crippen LogP contribution in [-0.2, 0) is 17.5 Å². The molecule has 0 atom stereocenters. The van der Waals surface area contributed by atoms with E-state index in [1.165, 1.54) is 0 Å². The zero-order chi connectivity index (χ0) is 19.8. The molecule has 3 rings (SSSR count). The molecule has 4 nitrogen and oxygen atoms in total. The van der Waals surface area contributed by atoms with Crippen molar-refractivity contribution in [3.63, 3.8) is 0 Å². The number of alkyl halides is 3. The van der Waals surface area contributed by atoms with E-state index in [0.717, 1.165) is 17.0 Å². The Morgan fingerprint density at radius 3 is 2.41 bits per heavy atom. The summed E-state index contributed by atoms with van der Waals surface area (Å²) in [6, 6.07) is 8.95. The summed E-state index contributed by atoms with van der Waals surface area (Å²) in [6.45, 7) is 2.96. The minimum Gasteiger partial charge on any atom is -0.350 e. The predicted molar refractivity (Wildman–Crippen MR) is 89.8 cm³/mol. The van der Waals surface area contributed by atoms with Gasteiger partial charge in [-0.2, -0.15) is 13.2 Å². The molecule has 0 aromatic heterocycles. The van der Waals surface area contributed by atoms with E-state index in [1.807, 2.05) is 0 Å². The molecule has 0 unspecified atom stereocenters. The molecule has 0 saturated carbocycles. The van der Waals surface area contributed by atoms with Gasteiger partial charge in [0.05, 0.1) is 5.56 Å². The van der Waals surface area contributed by atoms with Crippen LogP contribution in [0.1, 0.15) is 27.0 Å². The Kier molecular flexibility index (Phi) is 4.73. The molecule has 140 valence electrons. The van der Waals surface area contributed by atoms with Gasteiger partial charge in [0.2, 0.25) is 5.91 Å². The monoisotopic (exact) mass is 378 g/mol. The minimum absolute atomic E-state index is 0.271. The van der Waals surface area contributed by atoms with Crippen molar-refractivity contribution in [2.24, 2.45) is 0 Å². The van der Waals surface area contributed by atoms with Crippen LogP contribution in [0.5, 0.6) is 0 Å². The topological polar surface area (TPSA) is 49.4 Å². The third kappa shape index (κ3) is 3.69. The van der Waals surface area contributed by atoms with Crippen molar-refractivity contribution < 1.29 is 27.2 Å². The zero-order valence-electron chi connectivity index (χ0n) is 13.9. The summed E-state index contributed by atoms with van der Waals surface area (Å²) < 4.78 is 52.1. The molecular weight excluding hydrogens is 364 g/mol. The number of carbonyl (C=O) groups is 2. The summed E-state index contributed by atoms with van der Waals surface area (Å²) in [6.07, 6.45) is -4.75. The highest BCUT2D eigenvalue weighted by Crippen LogP contribution is 2.33. The maximum absolute atomic E-state index is 13.1. The van der Waals surface area contributed by atoms with Gasteiger partial charge in [-0.1, -0.05) is 30.8 Å². The number of fused-ring (bicyclic) bond motifs is 1. The number of nitrogens with one attached hydrogen (secondary N) is 1. The van der Waals surface area contributed by atoms with Crippen molar-refractivity contribution in [2.45, 2.75) is 12.7 Å². The highest BCUT2D eigenvalue weighted by atomic mass is 19.4. The average Bonchev–Trinajstić information content (AvgIpc) is 2.85. The first-order chi connectivity index (χ1) is 12.7. The van der Waals surface area contributed by atoms with Crippen LogP contribution in [0.3, 0.4) is 0 Å². The van der Waals surface area contributed by atoms with E-state index in [9.17, 15) is 27.2 Å². The number of carbonyl (C=O) groups excluding carboxylic acids is 2. The molecule has 2 aromatic rings.